The van der Waals surface area contributed by atoms with Crippen LogP contribution in [0.15, 0.2) is 23.0 Å². The number of furan rings is 1. The smallest absolute Gasteiger partial charge is 0.174 e. The Morgan fingerprint density at radius 1 is 1.62 bits per heavy atom. The van der Waals surface area contributed by atoms with E-state index in [1.54, 1.807) is 6.92 Å². The van der Waals surface area contributed by atoms with Crippen LogP contribution in [0.4, 0.5) is 0 Å². The molecular weight excluding hydrogens is 172 g/mol. The van der Waals surface area contributed by atoms with Crippen molar-refractivity contribution in [3.8, 4) is 0 Å². The number of Topliss-reactive ketones (excluding diaryl/α,β-unsaturated/α-hetero) is 1. The van der Waals surface area contributed by atoms with Gasteiger partial charge in [0.25, 0.3) is 0 Å². The van der Waals surface area contributed by atoms with Crippen LogP contribution in [0.1, 0.15) is 23.7 Å². The molecule has 0 bridgehead atoms. The molecule has 0 N–H and O–H groups in total. The molecule has 4 nitrogen and oxygen atoms in total. The summed E-state index contributed by atoms with van der Waals surface area (Å²) in [6.45, 7) is 1.62. The Kier molecular flexibility index (Phi) is 2.84. The first-order chi connectivity index (χ1) is 6.16. The first-order valence-corrected chi connectivity index (χ1v) is 3.94. The predicted molar refractivity (Wildman–Crippen MR) is 41.8 cm³/mol. The third kappa shape index (κ3) is 1.96. The maximum atomic E-state index is 11.4. The van der Waals surface area contributed by atoms with E-state index in [4.69, 9.17) is 0 Å². The first-order valence-electron chi connectivity index (χ1n) is 3.94. The summed E-state index contributed by atoms with van der Waals surface area (Å²) in [5.41, 5.74) is 0.274. The second-order valence-corrected chi connectivity index (χ2v) is 2.66. The lowest BCUT2D eigenvalue weighted by Crippen LogP contribution is -2.35. The van der Waals surface area contributed by atoms with Crippen molar-refractivity contribution in [2.24, 2.45) is 5.92 Å². The van der Waals surface area contributed by atoms with Crippen LogP contribution in [0.3, 0.4) is 0 Å². The maximum absolute atomic E-state index is 11.4. The van der Waals surface area contributed by atoms with Gasteiger partial charge in [-0.3, -0.25) is 4.79 Å². The van der Waals surface area contributed by atoms with Crippen LogP contribution in [-0.2, 0) is 4.79 Å². The first kappa shape index (κ1) is 9.51. The minimum absolute atomic E-state index is 0.229. The van der Waals surface area contributed by atoms with Gasteiger partial charge in [0.15, 0.2) is 5.78 Å². The average molecular weight is 181 g/mol. The number of hydrogen-bond donors (Lipinski definition) is 0. The fourth-order valence-electron chi connectivity index (χ4n) is 1.06. The number of carbonyl (C=O) groups excluding carboxylic acids is 2. The zero-order chi connectivity index (χ0) is 9.84. The van der Waals surface area contributed by atoms with E-state index in [1.807, 2.05) is 0 Å². The molecular formula is C9H9O4-. The number of carboxylic acids is 1. The van der Waals surface area contributed by atoms with Crippen LogP contribution in [0.2, 0.25) is 0 Å². The van der Waals surface area contributed by atoms with Gasteiger partial charge in [0.05, 0.1) is 23.7 Å². The van der Waals surface area contributed by atoms with Crippen molar-refractivity contribution in [2.45, 2.75) is 13.3 Å². The molecule has 0 spiro atoms. The van der Waals surface area contributed by atoms with E-state index in [1.165, 1.54) is 18.6 Å². The highest BCUT2D eigenvalue weighted by Gasteiger charge is 2.19. The van der Waals surface area contributed by atoms with Crippen LogP contribution in [0, 0.1) is 5.92 Å². The van der Waals surface area contributed by atoms with E-state index in [2.05, 4.69) is 4.42 Å². The molecule has 1 aromatic heterocycles. The molecule has 0 aliphatic heterocycles. The fraction of sp³-hybridized carbons (Fsp3) is 0.333. The van der Waals surface area contributed by atoms with E-state index in [9.17, 15) is 14.7 Å². The second kappa shape index (κ2) is 3.89. The van der Waals surface area contributed by atoms with Gasteiger partial charge in [-0.05, 0) is 12.5 Å². The minimum atomic E-state index is -1.34. The summed E-state index contributed by atoms with van der Waals surface area (Å²) in [5.74, 6) is -2.87. The summed E-state index contributed by atoms with van der Waals surface area (Å²) in [6, 6.07) is 1.44. The highest BCUT2D eigenvalue weighted by Crippen LogP contribution is 2.11. The molecule has 70 valence electrons. The Bertz CT molecular complexity index is 299. The number of carboxylic acid groups (broad SMARTS) is 1. The number of carbonyl (C=O) groups is 2. The Morgan fingerprint density at radius 2 is 2.31 bits per heavy atom. The lowest BCUT2D eigenvalue weighted by Gasteiger charge is -2.12. The molecule has 4 heteroatoms. The Hall–Kier alpha value is -1.58. The van der Waals surface area contributed by atoms with Gasteiger partial charge in [-0.15, -0.1) is 0 Å². The van der Waals surface area contributed by atoms with Crippen LogP contribution < -0.4 is 5.11 Å². The molecule has 1 heterocycles. The van der Waals surface area contributed by atoms with Crippen molar-refractivity contribution in [1.29, 1.82) is 0 Å². The van der Waals surface area contributed by atoms with Gasteiger partial charge in [-0.25, -0.2) is 0 Å². The summed E-state index contributed by atoms with van der Waals surface area (Å²) >= 11 is 0. The molecule has 13 heavy (non-hydrogen) atoms. The molecule has 1 unspecified atom stereocenters. The Balaban J connectivity index is 2.83. The van der Waals surface area contributed by atoms with Crippen molar-refractivity contribution in [3.63, 3.8) is 0 Å². The molecule has 0 radical (unpaired) electrons. The van der Waals surface area contributed by atoms with Gasteiger partial charge in [0, 0.05) is 0 Å². The second-order valence-electron chi connectivity index (χ2n) is 2.66. The number of rotatable bonds is 4. The van der Waals surface area contributed by atoms with Crippen LogP contribution in [0.5, 0.6) is 0 Å². The molecule has 1 atom stereocenters. The van der Waals surface area contributed by atoms with E-state index >= 15 is 0 Å². The highest BCUT2D eigenvalue weighted by molar-refractivity contribution is 6.07. The van der Waals surface area contributed by atoms with Crippen LogP contribution in [0.25, 0.3) is 0 Å². The summed E-state index contributed by atoms with van der Waals surface area (Å²) < 4.78 is 4.68. The van der Waals surface area contributed by atoms with Gasteiger partial charge in [0.1, 0.15) is 6.26 Å². The highest BCUT2D eigenvalue weighted by atomic mass is 16.4. The van der Waals surface area contributed by atoms with E-state index < -0.39 is 17.7 Å². The molecule has 0 aliphatic rings. The van der Waals surface area contributed by atoms with E-state index in [0.717, 1.165) is 0 Å². The van der Waals surface area contributed by atoms with Gasteiger partial charge >= 0.3 is 0 Å². The molecule has 1 aromatic rings. The lowest BCUT2D eigenvalue weighted by molar-refractivity contribution is -0.309. The molecule has 0 fully saturated rings. The van der Waals surface area contributed by atoms with Crippen LogP contribution >= 0.6 is 0 Å². The molecule has 0 aromatic carbocycles. The van der Waals surface area contributed by atoms with E-state index in [0.29, 0.717) is 0 Å². The third-order valence-electron chi connectivity index (χ3n) is 1.81. The topological polar surface area (TPSA) is 70.3 Å². The number of ketones is 1. The summed E-state index contributed by atoms with van der Waals surface area (Å²) in [4.78, 5) is 21.9. The zero-order valence-corrected chi connectivity index (χ0v) is 7.15. The van der Waals surface area contributed by atoms with Crippen LogP contribution in [-0.4, -0.2) is 11.8 Å². The monoisotopic (exact) mass is 181 g/mol. The van der Waals surface area contributed by atoms with Crippen molar-refractivity contribution >= 4 is 11.8 Å². The maximum Gasteiger partial charge on any atom is 0.174 e. The SMILES string of the molecule is CCC(C(=O)[O-])C(=O)c1ccoc1. The fourth-order valence-corrected chi connectivity index (χ4v) is 1.06. The minimum Gasteiger partial charge on any atom is -0.549 e. The van der Waals surface area contributed by atoms with Gasteiger partial charge in [-0.1, -0.05) is 6.92 Å². The molecule has 0 aliphatic carbocycles. The number of aliphatic carboxylic acids is 1. The van der Waals surface area contributed by atoms with E-state index in [-0.39, 0.29) is 12.0 Å². The van der Waals surface area contributed by atoms with Crippen molar-refractivity contribution in [3.05, 3.63) is 24.2 Å². The summed E-state index contributed by atoms with van der Waals surface area (Å²) in [5, 5.41) is 10.5. The molecule has 1 rings (SSSR count). The van der Waals surface area contributed by atoms with Gasteiger partial charge < -0.3 is 14.3 Å². The zero-order valence-electron chi connectivity index (χ0n) is 7.15. The largest absolute Gasteiger partial charge is 0.549 e. The van der Waals surface area contributed by atoms with Gasteiger partial charge in [0.2, 0.25) is 0 Å². The summed E-state index contributed by atoms with van der Waals surface area (Å²) in [6.07, 6.45) is 2.79. The Labute approximate surface area is 75.2 Å². The normalized spacial score (nSPS) is 12.4. The number of hydrogen-bond acceptors (Lipinski definition) is 4. The molecule has 0 amide bonds. The van der Waals surface area contributed by atoms with Gasteiger partial charge in [-0.2, -0.15) is 0 Å². The van der Waals surface area contributed by atoms with Crippen molar-refractivity contribution in [2.75, 3.05) is 0 Å². The Morgan fingerprint density at radius 3 is 2.69 bits per heavy atom. The third-order valence-corrected chi connectivity index (χ3v) is 1.81. The van der Waals surface area contributed by atoms with Crippen molar-refractivity contribution in [1.82, 2.24) is 0 Å². The molecule has 0 saturated heterocycles. The predicted octanol–water partition coefficient (Wildman–Crippen LogP) is 0.238. The average Bonchev–Trinajstić information content (AvgIpc) is 2.56. The lowest BCUT2D eigenvalue weighted by atomic mass is 9.97. The summed E-state index contributed by atoms with van der Waals surface area (Å²) in [7, 11) is 0. The quantitative estimate of drug-likeness (QED) is 0.492. The molecule has 0 saturated carbocycles. The van der Waals surface area contributed by atoms with Crippen molar-refractivity contribution < 1.29 is 19.1 Å². The standard InChI is InChI=1S/C9H10O4/c1-2-7(9(11)12)8(10)6-3-4-13-5-6/h3-5,7H,2H2,1H3,(H,11,12)/p-1.